The van der Waals surface area contributed by atoms with Gasteiger partial charge in [-0.1, -0.05) is 15.9 Å². The molecule has 1 aromatic carbocycles. The van der Waals surface area contributed by atoms with Crippen LogP contribution < -0.4 is 0 Å². The van der Waals surface area contributed by atoms with Gasteiger partial charge in [0.15, 0.2) is 0 Å². The van der Waals surface area contributed by atoms with Crippen LogP contribution in [0.2, 0.25) is 0 Å². The maximum atomic E-state index is 10.9. The molecule has 0 aliphatic carbocycles. The summed E-state index contributed by atoms with van der Waals surface area (Å²) in [6.07, 6.45) is 0. The number of nitrogens with one attached hydrogen (secondary N) is 1. The maximum absolute atomic E-state index is 10.9. The van der Waals surface area contributed by atoms with Crippen LogP contribution in [0.1, 0.15) is 18.5 Å². The predicted molar refractivity (Wildman–Crippen MR) is 59.8 cm³/mol. The zero-order valence-corrected chi connectivity index (χ0v) is 9.58. The van der Waals surface area contributed by atoms with Gasteiger partial charge in [0.05, 0.1) is 17.1 Å². The Labute approximate surface area is 94.4 Å². The number of rotatable bonds is 2. The summed E-state index contributed by atoms with van der Waals surface area (Å²) in [4.78, 5) is 10.9. The van der Waals surface area contributed by atoms with Crippen molar-refractivity contribution in [2.45, 2.75) is 12.8 Å². The second-order valence-corrected chi connectivity index (χ2v) is 4.27. The summed E-state index contributed by atoms with van der Waals surface area (Å²) in [5.41, 5.74) is 1.42. The zero-order chi connectivity index (χ0) is 11.0. The highest BCUT2D eigenvalue weighted by Crippen LogP contribution is 2.25. The molecule has 1 aromatic heterocycles. The van der Waals surface area contributed by atoms with Crippen molar-refractivity contribution in [1.29, 1.82) is 0 Å². The van der Waals surface area contributed by atoms with Gasteiger partial charge < -0.3 is 5.11 Å². The summed E-state index contributed by atoms with van der Waals surface area (Å²) in [5.74, 6) is -1.44. The molecule has 0 spiro atoms. The summed E-state index contributed by atoms with van der Waals surface area (Å²) < 4.78 is 0.912. The predicted octanol–water partition coefficient (Wildman–Crippen LogP) is 2.51. The van der Waals surface area contributed by atoms with E-state index >= 15 is 0 Å². The highest BCUT2D eigenvalue weighted by molar-refractivity contribution is 9.10. The standard InChI is InChI=1S/C10H9BrN2O2/c1-5(10(14)15)9-7-4-6(11)2-3-8(7)12-13-9/h2-5H,1H3,(H,12,13)(H,14,15). The first kappa shape index (κ1) is 10.2. The van der Waals surface area contributed by atoms with Crippen molar-refractivity contribution in [3.8, 4) is 0 Å². The van der Waals surface area contributed by atoms with E-state index in [2.05, 4.69) is 26.1 Å². The first-order chi connectivity index (χ1) is 7.09. The number of hydrogen-bond acceptors (Lipinski definition) is 2. The van der Waals surface area contributed by atoms with Crippen molar-refractivity contribution in [2.24, 2.45) is 0 Å². The van der Waals surface area contributed by atoms with Crippen LogP contribution in [-0.2, 0) is 4.79 Å². The van der Waals surface area contributed by atoms with E-state index in [0.29, 0.717) is 5.69 Å². The largest absolute Gasteiger partial charge is 0.481 e. The first-order valence-corrected chi connectivity index (χ1v) is 5.25. The fourth-order valence-corrected chi connectivity index (χ4v) is 1.82. The van der Waals surface area contributed by atoms with Gasteiger partial charge in [-0.05, 0) is 25.1 Å². The third kappa shape index (κ3) is 1.74. The van der Waals surface area contributed by atoms with Gasteiger partial charge in [-0.25, -0.2) is 0 Å². The quantitative estimate of drug-likeness (QED) is 0.880. The van der Waals surface area contributed by atoms with Gasteiger partial charge in [-0.15, -0.1) is 0 Å². The number of carboxylic acid groups (broad SMARTS) is 1. The Kier molecular flexibility index (Phi) is 2.48. The van der Waals surface area contributed by atoms with E-state index in [0.717, 1.165) is 15.4 Å². The highest BCUT2D eigenvalue weighted by atomic mass is 79.9. The molecule has 4 nitrogen and oxygen atoms in total. The van der Waals surface area contributed by atoms with Crippen LogP contribution in [0.3, 0.4) is 0 Å². The van der Waals surface area contributed by atoms with E-state index in [-0.39, 0.29) is 0 Å². The third-order valence-corrected chi connectivity index (χ3v) is 2.84. The van der Waals surface area contributed by atoms with Gasteiger partial charge in [-0.3, -0.25) is 9.89 Å². The molecular weight excluding hydrogens is 260 g/mol. The number of fused-ring (bicyclic) bond motifs is 1. The number of aromatic amines is 1. The molecule has 2 rings (SSSR count). The Balaban J connectivity index is 2.61. The number of aliphatic carboxylic acids is 1. The minimum absolute atomic E-state index is 0.579. The highest BCUT2D eigenvalue weighted by Gasteiger charge is 2.18. The molecule has 1 atom stereocenters. The maximum Gasteiger partial charge on any atom is 0.312 e. The average Bonchev–Trinajstić information content (AvgIpc) is 2.59. The zero-order valence-electron chi connectivity index (χ0n) is 7.99. The van der Waals surface area contributed by atoms with E-state index in [4.69, 9.17) is 5.11 Å². The van der Waals surface area contributed by atoms with E-state index in [9.17, 15) is 4.79 Å². The molecule has 15 heavy (non-hydrogen) atoms. The number of nitrogens with zero attached hydrogens (tertiary/aromatic N) is 1. The number of carboxylic acids is 1. The normalized spacial score (nSPS) is 12.9. The second-order valence-electron chi connectivity index (χ2n) is 3.36. The Morgan fingerprint density at radius 2 is 2.33 bits per heavy atom. The van der Waals surface area contributed by atoms with Gasteiger partial charge >= 0.3 is 5.97 Å². The summed E-state index contributed by atoms with van der Waals surface area (Å²) in [7, 11) is 0. The number of H-pyrrole nitrogens is 1. The van der Waals surface area contributed by atoms with Crippen molar-refractivity contribution in [3.05, 3.63) is 28.4 Å². The molecule has 1 unspecified atom stereocenters. The summed E-state index contributed by atoms with van der Waals surface area (Å²) >= 11 is 3.35. The Hall–Kier alpha value is -1.36. The molecule has 5 heteroatoms. The molecular formula is C10H9BrN2O2. The van der Waals surface area contributed by atoms with Crippen molar-refractivity contribution in [1.82, 2.24) is 10.2 Å². The molecule has 0 bridgehead atoms. The summed E-state index contributed by atoms with van der Waals surface area (Å²) in [6.45, 7) is 1.64. The Bertz CT molecular complexity index is 521. The van der Waals surface area contributed by atoms with Gasteiger partial charge in [0.1, 0.15) is 0 Å². The van der Waals surface area contributed by atoms with E-state index in [1.807, 2.05) is 18.2 Å². The molecule has 2 aromatic rings. The molecule has 0 fully saturated rings. The van der Waals surface area contributed by atoms with Gasteiger partial charge in [0, 0.05) is 9.86 Å². The van der Waals surface area contributed by atoms with Crippen molar-refractivity contribution in [2.75, 3.05) is 0 Å². The molecule has 2 N–H and O–H groups in total. The Morgan fingerprint density at radius 3 is 3.00 bits per heavy atom. The molecule has 0 aliphatic rings. The van der Waals surface area contributed by atoms with Crippen LogP contribution >= 0.6 is 15.9 Å². The molecule has 78 valence electrons. The second kappa shape index (κ2) is 3.66. The van der Waals surface area contributed by atoms with E-state index < -0.39 is 11.9 Å². The fraction of sp³-hybridized carbons (Fsp3) is 0.200. The average molecular weight is 269 g/mol. The van der Waals surface area contributed by atoms with Crippen LogP contribution in [0.5, 0.6) is 0 Å². The molecule has 0 amide bonds. The summed E-state index contributed by atoms with van der Waals surface area (Å²) in [5, 5.41) is 16.6. The third-order valence-electron chi connectivity index (χ3n) is 2.35. The van der Waals surface area contributed by atoms with Crippen LogP contribution in [0.4, 0.5) is 0 Å². The number of aromatic nitrogens is 2. The lowest BCUT2D eigenvalue weighted by molar-refractivity contribution is -0.138. The molecule has 0 saturated heterocycles. The van der Waals surface area contributed by atoms with Crippen LogP contribution in [0.15, 0.2) is 22.7 Å². The lowest BCUT2D eigenvalue weighted by Crippen LogP contribution is -2.08. The smallest absolute Gasteiger partial charge is 0.312 e. The topological polar surface area (TPSA) is 66.0 Å². The molecule has 0 radical (unpaired) electrons. The lowest BCUT2D eigenvalue weighted by Gasteiger charge is -2.03. The first-order valence-electron chi connectivity index (χ1n) is 4.46. The number of hydrogen-bond donors (Lipinski definition) is 2. The van der Waals surface area contributed by atoms with Crippen LogP contribution in [-0.4, -0.2) is 21.3 Å². The van der Waals surface area contributed by atoms with E-state index in [1.165, 1.54) is 0 Å². The SMILES string of the molecule is CC(C(=O)O)c1[nH]nc2ccc(Br)cc12. The van der Waals surface area contributed by atoms with Gasteiger partial charge in [0.25, 0.3) is 0 Å². The Morgan fingerprint density at radius 1 is 1.60 bits per heavy atom. The van der Waals surface area contributed by atoms with Crippen molar-refractivity contribution < 1.29 is 9.90 Å². The van der Waals surface area contributed by atoms with Gasteiger partial charge in [0.2, 0.25) is 0 Å². The number of benzene rings is 1. The van der Waals surface area contributed by atoms with Crippen molar-refractivity contribution in [3.63, 3.8) is 0 Å². The van der Waals surface area contributed by atoms with E-state index in [1.54, 1.807) is 6.92 Å². The minimum atomic E-state index is -0.861. The molecule has 1 heterocycles. The van der Waals surface area contributed by atoms with Crippen molar-refractivity contribution >= 4 is 32.8 Å². The summed E-state index contributed by atoms with van der Waals surface area (Å²) in [6, 6.07) is 5.58. The fourth-order valence-electron chi connectivity index (χ4n) is 1.46. The van der Waals surface area contributed by atoms with Gasteiger partial charge in [-0.2, -0.15) is 5.10 Å². The molecule has 0 aliphatic heterocycles. The molecule has 0 saturated carbocycles. The number of halogens is 1. The minimum Gasteiger partial charge on any atom is -0.481 e. The van der Waals surface area contributed by atoms with Crippen LogP contribution in [0.25, 0.3) is 10.9 Å². The number of carbonyl (C=O) groups is 1. The van der Waals surface area contributed by atoms with Crippen LogP contribution in [0, 0.1) is 0 Å². The lowest BCUT2D eigenvalue weighted by atomic mass is 10.0. The monoisotopic (exact) mass is 268 g/mol.